The summed E-state index contributed by atoms with van der Waals surface area (Å²) in [7, 11) is 0. The molecule has 0 radical (unpaired) electrons. The van der Waals surface area contributed by atoms with Crippen LogP contribution in [0.4, 0.5) is 16.3 Å². The van der Waals surface area contributed by atoms with E-state index in [4.69, 9.17) is 10.9 Å². The van der Waals surface area contributed by atoms with Gasteiger partial charge in [-0.3, -0.25) is 10.0 Å². The van der Waals surface area contributed by atoms with Crippen molar-refractivity contribution >= 4 is 23.4 Å². The van der Waals surface area contributed by atoms with Crippen molar-refractivity contribution in [3.8, 4) is 11.1 Å². The summed E-state index contributed by atoms with van der Waals surface area (Å²) in [6.07, 6.45) is 0.594. The van der Waals surface area contributed by atoms with Crippen LogP contribution >= 0.6 is 0 Å². The second kappa shape index (κ2) is 9.42. The third kappa shape index (κ3) is 4.97. The number of nitrogen functional groups attached to an aromatic ring is 1. The number of rotatable bonds is 5. The van der Waals surface area contributed by atoms with Crippen molar-refractivity contribution in [2.45, 2.75) is 19.1 Å². The average molecular weight is 414 g/mol. The molecule has 0 saturated carbocycles. The highest BCUT2D eigenvalue weighted by molar-refractivity contribution is 5.87. The van der Waals surface area contributed by atoms with Crippen LogP contribution in [0.3, 0.4) is 0 Å². The van der Waals surface area contributed by atoms with Crippen molar-refractivity contribution in [3.05, 3.63) is 42.6 Å². The summed E-state index contributed by atoms with van der Waals surface area (Å²) in [5.74, 6) is -0.387. The number of carbonyl (C=O) groups is 2. The lowest BCUT2D eigenvalue weighted by Crippen LogP contribution is -2.58. The number of aliphatic hydroxyl groups is 1. The molecular weight excluding hydrogens is 388 g/mol. The predicted octanol–water partition coefficient (Wildman–Crippen LogP) is 0.417. The van der Waals surface area contributed by atoms with E-state index >= 15 is 0 Å². The van der Waals surface area contributed by atoms with Gasteiger partial charge in [0.05, 0.1) is 6.10 Å². The monoisotopic (exact) mass is 414 g/mol. The molecule has 10 heteroatoms. The van der Waals surface area contributed by atoms with Crippen LogP contribution in [0.25, 0.3) is 11.1 Å². The quantitative estimate of drug-likeness (QED) is 0.352. The Morgan fingerprint density at radius 3 is 2.23 bits per heavy atom. The van der Waals surface area contributed by atoms with Crippen LogP contribution in [-0.4, -0.2) is 70.5 Å². The molecule has 1 aromatic carbocycles. The van der Waals surface area contributed by atoms with Crippen molar-refractivity contribution in [3.63, 3.8) is 0 Å². The number of carbonyl (C=O) groups excluding carboxylic acids is 2. The summed E-state index contributed by atoms with van der Waals surface area (Å²) >= 11 is 0. The fourth-order valence-corrected chi connectivity index (χ4v) is 3.31. The van der Waals surface area contributed by atoms with E-state index in [1.165, 1.54) is 12.4 Å². The number of amides is 3. The molecule has 1 fully saturated rings. The summed E-state index contributed by atoms with van der Waals surface area (Å²) in [5, 5.41) is 20.9. The number of nitrogens with one attached hydrogen (secondary N) is 2. The van der Waals surface area contributed by atoms with Gasteiger partial charge in [0.25, 0.3) is 5.91 Å². The molecule has 2 atom stereocenters. The van der Waals surface area contributed by atoms with Gasteiger partial charge in [-0.15, -0.1) is 0 Å². The van der Waals surface area contributed by atoms with Crippen LogP contribution in [0, 0.1) is 0 Å². The van der Waals surface area contributed by atoms with Crippen LogP contribution in [-0.2, 0) is 4.79 Å². The molecule has 1 aliphatic heterocycles. The van der Waals surface area contributed by atoms with Gasteiger partial charge in [0, 0.05) is 43.6 Å². The lowest BCUT2D eigenvalue weighted by molar-refractivity contribution is -0.133. The Morgan fingerprint density at radius 1 is 1.07 bits per heavy atom. The van der Waals surface area contributed by atoms with Gasteiger partial charge in [0.15, 0.2) is 0 Å². The standard InChI is InChI=1S/C20H26N6O4/c1-13(27)18(19(28)24-30)23-20(29)26-10-8-25(9-11-26)16-5-2-14(3-6-16)15-4-7-17(21)22-12-15/h2-7,12-13,18,27,30H,8-11H2,1H3,(H2,21,22)(H,23,29)(H,24,28)/t13-,18+/m1/s1. The Balaban J connectivity index is 1.56. The van der Waals surface area contributed by atoms with Gasteiger partial charge < -0.3 is 26.0 Å². The van der Waals surface area contributed by atoms with Crippen LogP contribution in [0.1, 0.15) is 6.92 Å². The zero-order valence-electron chi connectivity index (χ0n) is 16.7. The molecule has 1 aliphatic rings. The van der Waals surface area contributed by atoms with E-state index in [9.17, 15) is 14.7 Å². The van der Waals surface area contributed by atoms with Gasteiger partial charge >= 0.3 is 6.03 Å². The number of urea groups is 1. The summed E-state index contributed by atoms with van der Waals surface area (Å²) in [6.45, 7) is 3.54. The SMILES string of the molecule is C[C@@H](O)[C@H](NC(=O)N1CCN(c2ccc(-c3ccc(N)nc3)cc2)CC1)C(=O)NO. The lowest BCUT2D eigenvalue weighted by Gasteiger charge is -2.36. The van der Waals surface area contributed by atoms with Crippen LogP contribution in [0.5, 0.6) is 0 Å². The van der Waals surface area contributed by atoms with E-state index in [2.05, 4.69) is 15.2 Å². The maximum Gasteiger partial charge on any atom is 0.318 e. The van der Waals surface area contributed by atoms with Crippen LogP contribution in [0.15, 0.2) is 42.6 Å². The second-order valence-corrected chi connectivity index (χ2v) is 7.14. The van der Waals surface area contributed by atoms with E-state index in [1.54, 1.807) is 17.2 Å². The number of benzene rings is 1. The second-order valence-electron chi connectivity index (χ2n) is 7.14. The van der Waals surface area contributed by atoms with Crippen molar-refractivity contribution in [1.82, 2.24) is 20.7 Å². The molecule has 2 heterocycles. The maximum absolute atomic E-state index is 12.4. The smallest absolute Gasteiger partial charge is 0.318 e. The number of nitrogens with two attached hydrogens (primary N) is 1. The molecule has 2 aromatic rings. The molecule has 3 rings (SSSR count). The molecular formula is C20H26N6O4. The Kier molecular flexibility index (Phi) is 6.70. The molecule has 3 amide bonds. The van der Waals surface area contributed by atoms with E-state index in [0.29, 0.717) is 32.0 Å². The number of anilines is 2. The van der Waals surface area contributed by atoms with Crippen molar-refractivity contribution in [2.24, 2.45) is 0 Å². The highest BCUT2D eigenvalue weighted by Gasteiger charge is 2.29. The minimum atomic E-state index is -1.23. The summed E-state index contributed by atoms with van der Waals surface area (Å²) in [6, 6.07) is 10.1. The van der Waals surface area contributed by atoms with Gasteiger partial charge in [0.2, 0.25) is 0 Å². The van der Waals surface area contributed by atoms with Gasteiger partial charge in [-0.25, -0.2) is 15.3 Å². The van der Waals surface area contributed by atoms with Gasteiger partial charge in [-0.1, -0.05) is 12.1 Å². The fourth-order valence-electron chi connectivity index (χ4n) is 3.31. The fraction of sp³-hybridized carbons (Fsp3) is 0.350. The van der Waals surface area contributed by atoms with Crippen molar-refractivity contribution < 1.29 is 19.9 Å². The Labute approximate surface area is 174 Å². The third-order valence-electron chi connectivity index (χ3n) is 5.07. The first-order valence-corrected chi connectivity index (χ1v) is 9.63. The molecule has 6 N–H and O–H groups in total. The van der Waals surface area contributed by atoms with E-state index < -0.39 is 24.1 Å². The van der Waals surface area contributed by atoms with Gasteiger partial charge in [-0.05, 0) is 36.8 Å². The van der Waals surface area contributed by atoms with Crippen molar-refractivity contribution in [2.75, 3.05) is 36.8 Å². The zero-order valence-corrected chi connectivity index (χ0v) is 16.7. The Hall–Kier alpha value is -3.37. The van der Waals surface area contributed by atoms with Crippen molar-refractivity contribution in [1.29, 1.82) is 0 Å². The molecule has 0 spiro atoms. The number of hydrogen-bond acceptors (Lipinski definition) is 7. The molecule has 1 saturated heterocycles. The molecule has 30 heavy (non-hydrogen) atoms. The number of nitrogens with zero attached hydrogens (tertiary/aromatic N) is 3. The first-order chi connectivity index (χ1) is 14.4. The topological polar surface area (TPSA) is 144 Å². The van der Waals surface area contributed by atoms with Gasteiger partial charge in [-0.2, -0.15) is 0 Å². The molecule has 0 unspecified atom stereocenters. The van der Waals surface area contributed by atoms with Crippen LogP contribution in [0.2, 0.25) is 0 Å². The Morgan fingerprint density at radius 2 is 1.70 bits per heavy atom. The molecule has 0 aliphatic carbocycles. The summed E-state index contributed by atoms with van der Waals surface area (Å²) < 4.78 is 0. The number of piperazine rings is 1. The predicted molar refractivity (Wildman–Crippen MR) is 112 cm³/mol. The normalized spacial score (nSPS) is 16.0. The number of hydroxylamine groups is 1. The minimum Gasteiger partial charge on any atom is -0.391 e. The van der Waals surface area contributed by atoms with E-state index in [-0.39, 0.29) is 0 Å². The average Bonchev–Trinajstić information content (AvgIpc) is 2.77. The summed E-state index contributed by atoms with van der Waals surface area (Å²) in [5.41, 5.74) is 10.1. The first-order valence-electron chi connectivity index (χ1n) is 9.63. The molecule has 1 aromatic heterocycles. The van der Waals surface area contributed by atoms with Gasteiger partial charge in [0.1, 0.15) is 11.9 Å². The Bertz CT molecular complexity index is 864. The highest BCUT2D eigenvalue weighted by Crippen LogP contribution is 2.24. The number of pyridine rings is 1. The first kappa shape index (κ1) is 21.3. The van der Waals surface area contributed by atoms with E-state index in [1.807, 2.05) is 30.3 Å². The zero-order chi connectivity index (χ0) is 21.7. The maximum atomic E-state index is 12.4. The highest BCUT2D eigenvalue weighted by atomic mass is 16.5. The third-order valence-corrected chi connectivity index (χ3v) is 5.07. The number of hydrogen-bond donors (Lipinski definition) is 5. The molecule has 10 nitrogen and oxygen atoms in total. The van der Waals surface area contributed by atoms with E-state index in [0.717, 1.165) is 16.8 Å². The number of aliphatic hydroxyl groups excluding tert-OH is 1. The van der Waals surface area contributed by atoms with Crippen LogP contribution < -0.4 is 21.4 Å². The minimum absolute atomic E-state index is 0.461. The largest absolute Gasteiger partial charge is 0.391 e. The molecule has 160 valence electrons. The lowest BCUT2D eigenvalue weighted by atomic mass is 10.1. The molecule has 0 bridgehead atoms. The summed E-state index contributed by atoms with van der Waals surface area (Å²) in [4.78, 5) is 31.8. The number of aromatic nitrogens is 1.